The van der Waals surface area contributed by atoms with Gasteiger partial charge in [-0.2, -0.15) is 0 Å². The van der Waals surface area contributed by atoms with Crippen LogP contribution in [-0.2, 0) is 20.5 Å². The fourth-order valence-corrected chi connectivity index (χ4v) is 2.85. The zero-order valence-corrected chi connectivity index (χ0v) is 11.8. The molecule has 0 aliphatic heterocycles. The average molecular weight is 271 g/mol. The third kappa shape index (κ3) is 6.14. The first-order valence-electron chi connectivity index (χ1n) is 6.05. The van der Waals surface area contributed by atoms with E-state index >= 15 is 0 Å². The first-order chi connectivity index (χ1) is 8.53. The van der Waals surface area contributed by atoms with Gasteiger partial charge in [-0.25, -0.2) is 13.1 Å². The van der Waals surface area contributed by atoms with E-state index in [2.05, 4.69) is 4.72 Å². The zero-order chi connectivity index (χ0) is 13.4. The lowest BCUT2D eigenvalue weighted by molar-refractivity contribution is 0.193. The second kappa shape index (κ2) is 7.51. The summed E-state index contributed by atoms with van der Waals surface area (Å²) < 4.78 is 31.1. The van der Waals surface area contributed by atoms with Crippen LogP contribution in [0.15, 0.2) is 24.3 Å². The highest BCUT2D eigenvalue weighted by Crippen LogP contribution is 2.07. The van der Waals surface area contributed by atoms with E-state index in [1.807, 2.05) is 31.2 Å². The number of methoxy groups -OCH3 is 1. The van der Waals surface area contributed by atoms with Crippen molar-refractivity contribution in [1.82, 2.24) is 4.72 Å². The van der Waals surface area contributed by atoms with E-state index in [1.165, 1.54) is 0 Å². The van der Waals surface area contributed by atoms with Crippen LogP contribution in [0.1, 0.15) is 24.0 Å². The molecule has 1 N–H and O–H groups in total. The lowest BCUT2D eigenvalue weighted by atomic mass is 10.2. The van der Waals surface area contributed by atoms with E-state index in [9.17, 15) is 8.42 Å². The molecule has 0 atom stereocenters. The molecule has 0 spiro atoms. The third-order valence-electron chi connectivity index (χ3n) is 2.54. The normalized spacial score (nSPS) is 11.7. The van der Waals surface area contributed by atoms with E-state index in [-0.39, 0.29) is 5.75 Å². The SMILES string of the molecule is COCCCCNS(=O)(=O)Cc1cccc(C)c1. The smallest absolute Gasteiger partial charge is 0.215 e. The molecule has 0 aliphatic carbocycles. The molecule has 1 aromatic carbocycles. The summed E-state index contributed by atoms with van der Waals surface area (Å²) in [7, 11) is -1.59. The molecule has 0 amide bonds. The summed E-state index contributed by atoms with van der Waals surface area (Å²) in [5.41, 5.74) is 1.89. The number of aryl methyl sites for hydroxylation is 1. The van der Waals surface area contributed by atoms with Gasteiger partial charge in [-0.15, -0.1) is 0 Å². The van der Waals surface area contributed by atoms with Crippen LogP contribution in [0.4, 0.5) is 0 Å². The summed E-state index contributed by atoms with van der Waals surface area (Å²) in [5.74, 6) is 0.0406. The van der Waals surface area contributed by atoms with E-state index in [4.69, 9.17) is 4.74 Å². The van der Waals surface area contributed by atoms with E-state index in [0.717, 1.165) is 24.0 Å². The molecule has 0 fully saturated rings. The van der Waals surface area contributed by atoms with Crippen LogP contribution in [0.25, 0.3) is 0 Å². The van der Waals surface area contributed by atoms with Crippen LogP contribution in [-0.4, -0.2) is 28.7 Å². The molecule has 4 nitrogen and oxygen atoms in total. The maximum absolute atomic E-state index is 11.8. The second-order valence-electron chi connectivity index (χ2n) is 4.34. The Hall–Kier alpha value is -0.910. The summed E-state index contributed by atoms with van der Waals surface area (Å²) >= 11 is 0. The fourth-order valence-electron chi connectivity index (χ4n) is 1.67. The number of hydrogen-bond acceptors (Lipinski definition) is 3. The van der Waals surface area contributed by atoms with Gasteiger partial charge < -0.3 is 4.74 Å². The van der Waals surface area contributed by atoms with Crippen molar-refractivity contribution in [3.63, 3.8) is 0 Å². The van der Waals surface area contributed by atoms with Gasteiger partial charge in [0.05, 0.1) is 5.75 Å². The van der Waals surface area contributed by atoms with Crippen molar-refractivity contribution >= 4 is 10.0 Å². The Kier molecular flexibility index (Phi) is 6.32. The predicted molar refractivity (Wildman–Crippen MR) is 72.9 cm³/mol. The van der Waals surface area contributed by atoms with Gasteiger partial charge in [0.15, 0.2) is 0 Å². The molecule has 0 bridgehead atoms. The maximum Gasteiger partial charge on any atom is 0.215 e. The summed E-state index contributed by atoms with van der Waals surface area (Å²) in [6.45, 7) is 3.09. The van der Waals surface area contributed by atoms with Crippen molar-refractivity contribution in [2.75, 3.05) is 20.3 Å². The Morgan fingerprint density at radius 2 is 2.06 bits per heavy atom. The summed E-state index contributed by atoms with van der Waals surface area (Å²) in [6, 6.07) is 7.55. The largest absolute Gasteiger partial charge is 0.385 e. The number of rotatable bonds is 8. The lowest BCUT2D eigenvalue weighted by Crippen LogP contribution is -2.26. The van der Waals surface area contributed by atoms with Crippen molar-refractivity contribution < 1.29 is 13.2 Å². The third-order valence-corrected chi connectivity index (χ3v) is 3.89. The van der Waals surface area contributed by atoms with Crippen LogP contribution in [0, 0.1) is 6.92 Å². The van der Waals surface area contributed by atoms with E-state index in [0.29, 0.717) is 13.2 Å². The minimum atomic E-state index is -3.23. The topological polar surface area (TPSA) is 55.4 Å². The summed E-state index contributed by atoms with van der Waals surface area (Å²) in [5, 5.41) is 0. The Labute approximate surface area is 109 Å². The Morgan fingerprint density at radius 1 is 1.28 bits per heavy atom. The molecule has 102 valence electrons. The van der Waals surface area contributed by atoms with Crippen molar-refractivity contribution in [3.8, 4) is 0 Å². The van der Waals surface area contributed by atoms with Gasteiger partial charge in [0.25, 0.3) is 0 Å². The van der Waals surface area contributed by atoms with Crippen LogP contribution in [0.3, 0.4) is 0 Å². The molecule has 0 radical (unpaired) electrons. The van der Waals surface area contributed by atoms with E-state index in [1.54, 1.807) is 7.11 Å². The molecule has 0 saturated heterocycles. The van der Waals surface area contributed by atoms with Gasteiger partial charge in [-0.1, -0.05) is 29.8 Å². The molecule has 5 heteroatoms. The highest BCUT2D eigenvalue weighted by atomic mass is 32.2. The Morgan fingerprint density at radius 3 is 2.72 bits per heavy atom. The molecule has 0 saturated carbocycles. The van der Waals surface area contributed by atoms with Crippen LogP contribution in [0.2, 0.25) is 0 Å². The average Bonchev–Trinajstić information content (AvgIpc) is 2.28. The van der Waals surface area contributed by atoms with Gasteiger partial charge in [-0.3, -0.25) is 0 Å². The van der Waals surface area contributed by atoms with Crippen molar-refractivity contribution in [2.24, 2.45) is 0 Å². The van der Waals surface area contributed by atoms with Gasteiger partial charge in [0.2, 0.25) is 10.0 Å². The van der Waals surface area contributed by atoms with Gasteiger partial charge in [0, 0.05) is 20.3 Å². The van der Waals surface area contributed by atoms with Gasteiger partial charge in [-0.05, 0) is 25.3 Å². The minimum Gasteiger partial charge on any atom is -0.385 e. The quantitative estimate of drug-likeness (QED) is 0.734. The minimum absolute atomic E-state index is 0.0406. The molecule has 18 heavy (non-hydrogen) atoms. The first-order valence-corrected chi connectivity index (χ1v) is 7.70. The second-order valence-corrected chi connectivity index (χ2v) is 6.15. The Bertz CT molecular complexity index is 457. The molecular formula is C13H21NO3S. The highest BCUT2D eigenvalue weighted by molar-refractivity contribution is 7.88. The lowest BCUT2D eigenvalue weighted by Gasteiger charge is -2.07. The molecule has 0 aliphatic rings. The van der Waals surface area contributed by atoms with Crippen molar-refractivity contribution in [3.05, 3.63) is 35.4 Å². The predicted octanol–water partition coefficient (Wildman–Crippen LogP) is 1.84. The van der Waals surface area contributed by atoms with E-state index < -0.39 is 10.0 Å². The molecule has 0 unspecified atom stereocenters. The number of sulfonamides is 1. The van der Waals surface area contributed by atoms with Crippen LogP contribution < -0.4 is 4.72 Å². The van der Waals surface area contributed by atoms with Crippen LogP contribution >= 0.6 is 0 Å². The summed E-state index contributed by atoms with van der Waals surface area (Å²) in [6.07, 6.45) is 1.66. The number of ether oxygens (including phenoxy) is 1. The number of hydrogen-bond donors (Lipinski definition) is 1. The standard InChI is InChI=1S/C13H21NO3S/c1-12-6-5-7-13(10-12)11-18(15,16)14-8-3-4-9-17-2/h5-7,10,14H,3-4,8-9,11H2,1-2H3. The molecule has 1 rings (SSSR count). The number of nitrogens with one attached hydrogen (secondary N) is 1. The van der Waals surface area contributed by atoms with Gasteiger partial charge in [0.1, 0.15) is 0 Å². The Balaban J connectivity index is 2.40. The fraction of sp³-hybridized carbons (Fsp3) is 0.538. The van der Waals surface area contributed by atoms with Crippen LogP contribution in [0.5, 0.6) is 0 Å². The first kappa shape index (κ1) is 15.1. The zero-order valence-electron chi connectivity index (χ0n) is 11.0. The molecule has 1 aromatic rings. The van der Waals surface area contributed by atoms with Crippen molar-refractivity contribution in [2.45, 2.75) is 25.5 Å². The number of benzene rings is 1. The molecular weight excluding hydrogens is 250 g/mol. The van der Waals surface area contributed by atoms with Gasteiger partial charge >= 0.3 is 0 Å². The molecule has 0 heterocycles. The van der Waals surface area contributed by atoms with Crippen molar-refractivity contribution in [1.29, 1.82) is 0 Å². The monoisotopic (exact) mass is 271 g/mol. The highest BCUT2D eigenvalue weighted by Gasteiger charge is 2.10. The molecule has 0 aromatic heterocycles. The maximum atomic E-state index is 11.8. The number of unbranched alkanes of at least 4 members (excludes halogenated alkanes) is 1. The summed E-state index contributed by atoms with van der Waals surface area (Å²) in [4.78, 5) is 0.